The molecule has 2 rings (SSSR count). The molecule has 0 atom stereocenters. The molecule has 0 aliphatic carbocycles. The molecule has 0 aliphatic heterocycles. The first kappa shape index (κ1) is 12.4. The quantitative estimate of drug-likeness (QED) is 0.888. The van der Waals surface area contributed by atoms with Crippen LogP contribution in [0.25, 0.3) is 0 Å². The number of nitrogen functional groups attached to an aromatic ring is 1. The van der Waals surface area contributed by atoms with E-state index in [2.05, 4.69) is 15.3 Å². The Bertz CT molecular complexity index is 530. The van der Waals surface area contributed by atoms with Crippen LogP contribution in [-0.2, 0) is 0 Å². The Hall–Kier alpha value is -2.01. The van der Waals surface area contributed by atoms with E-state index < -0.39 is 0 Å². The van der Waals surface area contributed by atoms with Crippen LogP contribution < -0.4 is 15.8 Å². The van der Waals surface area contributed by atoms with Crippen molar-refractivity contribution in [2.45, 2.75) is 6.92 Å². The minimum atomic E-state index is 0.250. The first-order chi connectivity index (χ1) is 8.70. The summed E-state index contributed by atoms with van der Waals surface area (Å²) in [5.74, 6) is 1.55. The van der Waals surface area contributed by atoms with Gasteiger partial charge in [0.25, 0.3) is 0 Å². The van der Waals surface area contributed by atoms with Crippen LogP contribution in [0, 0.1) is 0 Å². The highest BCUT2D eigenvalue weighted by Gasteiger charge is 2.06. The van der Waals surface area contributed by atoms with Crippen molar-refractivity contribution in [1.29, 1.82) is 0 Å². The number of aromatic nitrogens is 2. The van der Waals surface area contributed by atoms with Crippen molar-refractivity contribution in [2.75, 3.05) is 17.7 Å². The second kappa shape index (κ2) is 5.55. The number of hydrogen-bond donors (Lipinski definition) is 2. The monoisotopic (exact) mass is 264 g/mol. The third-order valence-corrected chi connectivity index (χ3v) is 2.62. The highest BCUT2D eigenvalue weighted by molar-refractivity contribution is 6.35. The Balaban J connectivity index is 2.16. The Labute approximate surface area is 110 Å². The first-order valence-corrected chi connectivity index (χ1v) is 5.84. The van der Waals surface area contributed by atoms with Gasteiger partial charge >= 0.3 is 0 Å². The van der Waals surface area contributed by atoms with E-state index in [-0.39, 0.29) is 5.82 Å². The van der Waals surface area contributed by atoms with Crippen molar-refractivity contribution in [3.63, 3.8) is 0 Å². The molecule has 3 N–H and O–H groups in total. The Morgan fingerprint density at radius 2 is 2.00 bits per heavy atom. The maximum absolute atomic E-state index is 5.99. The molecular formula is C12H13ClN4O. The summed E-state index contributed by atoms with van der Waals surface area (Å²) in [5, 5.41) is 3.38. The molecule has 5 nitrogen and oxygen atoms in total. The van der Waals surface area contributed by atoms with Crippen LogP contribution in [0.1, 0.15) is 6.92 Å². The van der Waals surface area contributed by atoms with E-state index >= 15 is 0 Å². The zero-order valence-corrected chi connectivity index (χ0v) is 10.6. The number of nitrogens with two attached hydrogens (primary N) is 1. The van der Waals surface area contributed by atoms with Gasteiger partial charge in [-0.25, -0.2) is 9.97 Å². The maximum atomic E-state index is 5.99. The summed E-state index contributed by atoms with van der Waals surface area (Å²) in [6.45, 7) is 2.58. The van der Waals surface area contributed by atoms with Crippen LogP contribution >= 0.6 is 11.6 Å². The number of benzene rings is 1. The lowest BCUT2D eigenvalue weighted by Gasteiger charge is -2.09. The largest absolute Gasteiger partial charge is 0.494 e. The second-order valence-corrected chi connectivity index (χ2v) is 3.88. The van der Waals surface area contributed by atoms with Crippen LogP contribution in [-0.4, -0.2) is 16.6 Å². The molecule has 0 amide bonds. The number of nitrogens with zero attached hydrogens (tertiary/aromatic N) is 2. The molecular weight excluding hydrogens is 252 g/mol. The van der Waals surface area contributed by atoms with Gasteiger partial charge in [-0.2, -0.15) is 0 Å². The Morgan fingerprint density at radius 1 is 1.28 bits per heavy atom. The lowest BCUT2D eigenvalue weighted by molar-refractivity contribution is 0.340. The maximum Gasteiger partial charge on any atom is 0.154 e. The van der Waals surface area contributed by atoms with Gasteiger partial charge in [-0.05, 0) is 31.2 Å². The molecule has 0 unspecified atom stereocenters. The summed E-state index contributed by atoms with van der Waals surface area (Å²) in [6.07, 6.45) is 1.36. The molecule has 1 aromatic heterocycles. The molecule has 1 heterocycles. The zero-order chi connectivity index (χ0) is 13.0. The highest BCUT2D eigenvalue weighted by Crippen LogP contribution is 2.27. The molecule has 1 aromatic carbocycles. The number of nitrogens with one attached hydrogen (secondary N) is 1. The van der Waals surface area contributed by atoms with Crippen LogP contribution in [0.5, 0.6) is 5.75 Å². The minimum absolute atomic E-state index is 0.250. The van der Waals surface area contributed by atoms with Crippen molar-refractivity contribution in [3.8, 4) is 5.75 Å². The fourth-order valence-electron chi connectivity index (χ4n) is 1.41. The zero-order valence-electron chi connectivity index (χ0n) is 9.85. The predicted molar refractivity (Wildman–Crippen MR) is 72.3 cm³/mol. The number of ether oxygens (including phenoxy) is 1. The lowest BCUT2D eigenvalue weighted by Crippen LogP contribution is -1.99. The van der Waals surface area contributed by atoms with E-state index in [4.69, 9.17) is 22.1 Å². The number of hydrogen-bond acceptors (Lipinski definition) is 5. The van der Waals surface area contributed by atoms with Crippen LogP contribution in [0.3, 0.4) is 0 Å². The van der Waals surface area contributed by atoms with Crippen LogP contribution in [0.2, 0.25) is 5.02 Å². The summed E-state index contributed by atoms with van der Waals surface area (Å²) in [6, 6.07) is 7.48. The summed E-state index contributed by atoms with van der Waals surface area (Å²) in [5.41, 5.74) is 6.44. The van der Waals surface area contributed by atoms with Crippen molar-refractivity contribution < 1.29 is 4.74 Å². The van der Waals surface area contributed by atoms with Gasteiger partial charge in [0.2, 0.25) is 0 Å². The normalized spacial score (nSPS) is 10.1. The van der Waals surface area contributed by atoms with Gasteiger partial charge in [0, 0.05) is 5.69 Å². The van der Waals surface area contributed by atoms with E-state index in [0.29, 0.717) is 17.4 Å². The molecule has 0 bridgehead atoms. The van der Waals surface area contributed by atoms with Crippen molar-refractivity contribution >= 4 is 28.9 Å². The lowest BCUT2D eigenvalue weighted by atomic mass is 10.3. The van der Waals surface area contributed by atoms with E-state index in [1.165, 1.54) is 6.33 Å². The first-order valence-electron chi connectivity index (χ1n) is 5.46. The van der Waals surface area contributed by atoms with Gasteiger partial charge in [-0.1, -0.05) is 11.6 Å². The van der Waals surface area contributed by atoms with E-state index in [9.17, 15) is 0 Å². The van der Waals surface area contributed by atoms with Crippen molar-refractivity contribution in [2.24, 2.45) is 0 Å². The molecule has 0 saturated carbocycles. The fraction of sp³-hybridized carbons (Fsp3) is 0.167. The molecule has 0 spiro atoms. The topological polar surface area (TPSA) is 73.1 Å². The molecule has 0 fully saturated rings. The van der Waals surface area contributed by atoms with E-state index in [1.807, 2.05) is 31.2 Å². The smallest absolute Gasteiger partial charge is 0.154 e. The molecule has 0 saturated heterocycles. The van der Waals surface area contributed by atoms with Gasteiger partial charge in [-0.3, -0.25) is 0 Å². The van der Waals surface area contributed by atoms with E-state index in [1.54, 1.807) is 0 Å². The molecule has 0 radical (unpaired) electrons. The van der Waals surface area contributed by atoms with Gasteiger partial charge in [0.15, 0.2) is 5.82 Å². The SMILES string of the molecule is CCOc1ccc(Nc2ncnc(N)c2Cl)cc1. The number of anilines is 3. The average molecular weight is 265 g/mol. The fourth-order valence-corrected chi connectivity index (χ4v) is 1.55. The van der Waals surface area contributed by atoms with Crippen LogP contribution in [0.15, 0.2) is 30.6 Å². The third-order valence-electron chi connectivity index (χ3n) is 2.24. The Morgan fingerprint density at radius 3 is 2.67 bits per heavy atom. The van der Waals surface area contributed by atoms with Gasteiger partial charge in [0.05, 0.1) is 6.61 Å². The van der Waals surface area contributed by atoms with Crippen LogP contribution in [0.4, 0.5) is 17.3 Å². The summed E-state index contributed by atoms with van der Waals surface area (Å²) < 4.78 is 5.35. The van der Waals surface area contributed by atoms with Gasteiger partial charge in [0.1, 0.15) is 22.9 Å². The molecule has 0 aliphatic rings. The van der Waals surface area contributed by atoms with E-state index in [0.717, 1.165) is 11.4 Å². The summed E-state index contributed by atoms with van der Waals surface area (Å²) in [7, 11) is 0. The predicted octanol–water partition coefficient (Wildman–Crippen LogP) is 2.85. The Kier molecular flexibility index (Phi) is 3.84. The van der Waals surface area contributed by atoms with Gasteiger partial charge in [-0.15, -0.1) is 0 Å². The summed E-state index contributed by atoms with van der Waals surface area (Å²) in [4.78, 5) is 7.82. The van der Waals surface area contributed by atoms with Crippen molar-refractivity contribution in [3.05, 3.63) is 35.6 Å². The minimum Gasteiger partial charge on any atom is -0.494 e. The third kappa shape index (κ3) is 2.81. The number of halogens is 1. The summed E-state index contributed by atoms with van der Waals surface area (Å²) >= 11 is 5.99. The number of rotatable bonds is 4. The van der Waals surface area contributed by atoms with Gasteiger partial charge < -0.3 is 15.8 Å². The molecule has 2 aromatic rings. The second-order valence-electron chi connectivity index (χ2n) is 3.50. The molecule has 18 heavy (non-hydrogen) atoms. The highest BCUT2D eigenvalue weighted by atomic mass is 35.5. The standard InChI is InChI=1S/C12H13ClN4O/c1-2-18-9-5-3-8(4-6-9)17-12-10(13)11(14)15-7-16-12/h3-7H,2H2,1H3,(H3,14,15,16,17). The van der Waals surface area contributed by atoms with Crippen molar-refractivity contribution in [1.82, 2.24) is 9.97 Å². The molecule has 94 valence electrons. The average Bonchev–Trinajstić information content (AvgIpc) is 2.38. The molecule has 6 heteroatoms.